The van der Waals surface area contributed by atoms with Crippen molar-refractivity contribution in [1.82, 2.24) is 0 Å². The summed E-state index contributed by atoms with van der Waals surface area (Å²) in [6.07, 6.45) is 1.45. The van der Waals surface area contributed by atoms with E-state index in [2.05, 4.69) is 0 Å². The number of nitriles is 2. The fourth-order valence-electron chi connectivity index (χ4n) is 3.30. The third-order valence-electron chi connectivity index (χ3n) is 4.15. The van der Waals surface area contributed by atoms with Crippen molar-refractivity contribution in [1.29, 1.82) is 10.5 Å². The molecule has 1 atom stereocenters. The van der Waals surface area contributed by atoms with Crippen LogP contribution in [0.4, 0.5) is 0 Å². The number of hydrogen-bond donors (Lipinski definition) is 0. The Bertz CT molecular complexity index is 561. The fourth-order valence-corrected chi connectivity index (χ4v) is 3.30. The summed E-state index contributed by atoms with van der Waals surface area (Å²) in [6.45, 7) is 0. The number of rotatable bonds is 5. The third kappa shape index (κ3) is 1.44. The largest absolute Gasteiger partial charge is 0.469 e. The van der Waals surface area contributed by atoms with Crippen LogP contribution in [0, 0.1) is 28.1 Å². The van der Waals surface area contributed by atoms with E-state index in [4.69, 9.17) is 23.4 Å². The van der Waals surface area contributed by atoms with Gasteiger partial charge in [-0.25, -0.2) is 0 Å². The Morgan fingerprint density at radius 1 is 1.05 bits per heavy atom. The van der Waals surface area contributed by atoms with Crippen molar-refractivity contribution < 1.29 is 23.4 Å². The lowest BCUT2D eigenvalue weighted by molar-refractivity contribution is -0.482. The highest BCUT2D eigenvalue weighted by atomic mass is 16.8. The molecule has 1 fully saturated rings. The number of hydrogen-bond acceptors (Lipinski definition) is 7. The maximum Gasteiger partial charge on any atom is 0.258 e. The van der Waals surface area contributed by atoms with Crippen LogP contribution in [0.3, 0.4) is 0 Å². The SMILES string of the molecule is COC1(OC)C(c2ccco2)C(C#N)(C#N)C1(OC)OC. The summed E-state index contributed by atoms with van der Waals surface area (Å²) in [6, 6.07) is 7.28. The van der Waals surface area contributed by atoms with Crippen molar-refractivity contribution in [2.75, 3.05) is 28.4 Å². The van der Waals surface area contributed by atoms with E-state index in [0.717, 1.165) is 0 Å². The van der Waals surface area contributed by atoms with Crippen LogP contribution in [0.5, 0.6) is 0 Å². The first-order chi connectivity index (χ1) is 10.1. The summed E-state index contributed by atoms with van der Waals surface area (Å²) in [4.78, 5) is 0. The van der Waals surface area contributed by atoms with Gasteiger partial charge in [-0.2, -0.15) is 10.5 Å². The molecule has 1 saturated carbocycles. The Labute approximate surface area is 122 Å². The molecule has 0 saturated heterocycles. The predicted octanol–water partition coefficient (Wildman–Crippen LogP) is 1.39. The normalized spacial score (nSPS) is 24.6. The van der Waals surface area contributed by atoms with E-state index in [-0.39, 0.29) is 0 Å². The Morgan fingerprint density at radius 2 is 1.62 bits per heavy atom. The molecule has 7 nitrogen and oxygen atoms in total. The van der Waals surface area contributed by atoms with Crippen LogP contribution in [0.2, 0.25) is 0 Å². The van der Waals surface area contributed by atoms with E-state index < -0.39 is 22.9 Å². The molecular formula is C14H16N2O5. The first kappa shape index (κ1) is 15.5. The molecule has 21 heavy (non-hydrogen) atoms. The van der Waals surface area contributed by atoms with E-state index in [9.17, 15) is 10.5 Å². The van der Waals surface area contributed by atoms with E-state index in [1.54, 1.807) is 12.1 Å². The van der Waals surface area contributed by atoms with Gasteiger partial charge >= 0.3 is 0 Å². The van der Waals surface area contributed by atoms with E-state index in [1.165, 1.54) is 34.7 Å². The summed E-state index contributed by atoms with van der Waals surface area (Å²) in [5, 5.41) is 19.3. The van der Waals surface area contributed by atoms with Crippen molar-refractivity contribution in [2.45, 2.75) is 17.5 Å². The Morgan fingerprint density at radius 3 is 1.95 bits per heavy atom. The highest BCUT2D eigenvalue weighted by Crippen LogP contribution is 2.68. The molecule has 1 aromatic heterocycles. The van der Waals surface area contributed by atoms with Crippen LogP contribution < -0.4 is 0 Å². The average molecular weight is 292 g/mol. The molecule has 112 valence electrons. The lowest BCUT2D eigenvalue weighted by atomic mass is 9.50. The topological polar surface area (TPSA) is 97.6 Å². The molecule has 1 aromatic rings. The van der Waals surface area contributed by atoms with Gasteiger partial charge in [0, 0.05) is 28.4 Å². The van der Waals surface area contributed by atoms with Gasteiger partial charge in [-0.05, 0) is 12.1 Å². The summed E-state index contributed by atoms with van der Waals surface area (Å²) >= 11 is 0. The molecule has 0 aliphatic heterocycles. The van der Waals surface area contributed by atoms with Gasteiger partial charge in [-0.1, -0.05) is 0 Å². The van der Waals surface area contributed by atoms with E-state index in [1.807, 2.05) is 12.1 Å². The van der Waals surface area contributed by atoms with Crippen molar-refractivity contribution in [3.8, 4) is 12.1 Å². The Balaban J connectivity index is 2.73. The average Bonchev–Trinajstić information content (AvgIpc) is 3.03. The van der Waals surface area contributed by atoms with Gasteiger partial charge in [-0.3, -0.25) is 0 Å². The zero-order valence-electron chi connectivity index (χ0n) is 12.2. The highest BCUT2D eigenvalue weighted by Gasteiger charge is 2.87. The van der Waals surface area contributed by atoms with E-state index in [0.29, 0.717) is 5.76 Å². The molecule has 1 aliphatic carbocycles. The van der Waals surface area contributed by atoms with Gasteiger partial charge in [0.05, 0.1) is 18.4 Å². The molecule has 2 rings (SSSR count). The number of furan rings is 1. The molecule has 0 radical (unpaired) electrons. The monoisotopic (exact) mass is 292 g/mol. The zero-order chi connectivity index (χ0) is 15.7. The predicted molar refractivity (Wildman–Crippen MR) is 68.6 cm³/mol. The molecule has 1 unspecified atom stereocenters. The lowest BCUT2D eigenvalue weighted by Crippen LogP contribution is -2.82. The molecule has 1 aliphatic rings. The van der Waals surface area contributed by atoms with Crippen molar-refractivity contribution in [3.63, 3.8) is 0 Å². The van der Waals surface area contributed by atoms with Crippen LogP contribution in [-0.4, -0.2) is 40.0 Å². The number of nitrogens with zero attached hydrogens (tertiary/aromatic N) is 2. The smallest absolute Gasteiger partial charge is 0.258 e. The molecule has 0 bridgehead atoms. The molecule has 7 heteroatoms. The van der Waals surface area contributed by atoms with Crippen molar-refractivity contribution in [3.05, 3.63) is 24.2 Å². The van der Waals surface area contributed by atoms with Crippen molar-refractivity contribution >= 4 is 0 Å². The first-order valence-corrected chi connectivity index (χ1v) is 6.16. The summed E-state index contributed by atoms with van der Waals surface area (Å²) in [5.74, 6) is -3.64. The lowest BCUT2D eigenvalue weighted by Gasteiger charge is -2.64. The quantitative estimate of drug-likeness (QED) is 0.756. The van der Waals surface area contributed by atoms with Gasteiger partial charge in [0.1, 0.15) is 11.7 Å². The van der Waals surface area contributed by atoms with Crippen LogP contribution in [0.15, 0.2) is 22.8 Å². The summed E-state index contributed by atoms with van der Waals surface area (Å²) < 4.78 is 27.1. The fraction of sp³-hybridized carbons (Fsp3) is 0.571. The maximum atomic E-state index is 9.64. The minimum absolute atomic E-state index is 0.381. The minimum Gasteiger partial charge on any atom is -0.469 e. The maximum absolute atomic E-state index is 9.64. The summed E-state index contributed by atoms with van der Waals surface area (Å²) in [7, 11) is 5.45. The molecule has 1 heterocycles. The first-order valence-electron chi connectivity index (χ1n) is 6.16. The highest BCUT2D eigenvalue weighted by molar-refractivity contribution is 5.44. The van der Waals surface area contributed by atoms with Crippen LogP contribution >= 0.6 is 0 Å². The van der Waals surface area contributed by atoms with Crippen LogP contribution in [0.1, 0.15) is 11.7 Å². The minimum atomic E-state index is -1.70. The second-order valence-corrected chi connectivity index (χ2v) is 4.58. The van der Waals surface area contributed by atoms with Crippen LogP contribution in [-0.2, 0) is 18.9 Å². The molecule has 0 amide bonds. The van der Waals surface area contributed by atoms with Gasteiger partial charge in [0.2, 0.25) is 11.2 Å². The number of methoxy groups -OCH3 is 4. The van der Waals surface area contributed by atoms with Gasteiger partial charge in [0.15, 0.2) is 0 Å². The van der Waals surface area contributed by atoms with Crippen molar-refractivity contribution in [2.24, 2.45) is 5.41 Å². The van der Waals surface area contributed by atoms with E-state index >= 15 is 0 Å². The molecular weight excluding hydrogens is 276 g/mol. The van der Waals surface area contributed by atoms with Gasteiger partial charge in [0.25, 0.3) is 5.79 Å². The second kappa shape index (κ2) is 5.14. The third-order valence-corrected chi connectivity index (χ3v) is 4.15. The standard InChI is InChI=1S/C14H16N2O5/c1-17-13(18-2)11(10-6-5-7-21-10)12(8-15,9-16)14(13,19-3)20-4/h5-7,11H,1-4H3. The summed E-state index contributed by atoms with van der Waals surface area (Å²) in [5.41, 5.74) is -1.68. The van der Waals surface area contributed by atoms with Crippen LogP contribution in [0.25, 0.3) is 0 Å². The molecule has 0 aromatic carbocycles. The second-order valence-electron chi connectivity index (χ2n) is 4.58. The zero-order valence-corrected chi connectivity index (χ0v) is 12.2. The van der Waals surface area contributed by atoms with Gasteiger partial charge < -0.3 is 23.4 Å². The Kier molecular flexibility index (Phi) is 3.79. The Hall–Kier alpha value is -1.90. The molecule has 0 N–H and O–H groups in total. The number of ether oxygens (including phenoxy) is 4. The molecule has 0 spiro atoms. The van der Waals surface area contributed by atoms with Gasteiger partial charge in [-0.15, -0.1) is 0 Å².